The van der Waals surface area contributed by atoms with Crippen LogP contribution in [0.25, 0.3) is 10.8 Å². The van der Waals surface area contributed by atoms with E-state index in [-0.39, 0.29) is 41.2 Å². The van der Waals surface area contributed by atoms with Crippen LogP contribution in [0, 0.1) is 0 Å². The van der Waals surface area contributed by atoms with Gasteiger partial charge < -0.3 is 23.7 Å². The van der Waals surface area contributed by atoms with Crippen LogP contribution in [0.2, 0.25) is 0 Å². The fraction of sp³-hybridized carbons (Fsp3) is 0.333. The van der Waals surface area contributed by atoms with Crippen molar-refractivity contribution in [1.82, 2.24) is 9.88 Å². The first-order valence-electron chi connectivity index (χ1n) is 12.4. The molecular weight excluding hydrogens is 514 g/mol. The Balaban J connectivity index is 0.000000328. The van der Waals surface area contributed by atoms with Gasteiger partial charge in [-0.05, 0) is 54.6 Å². The van der Waals surface area contributed by atoms with Gasteiger partial charge in [-0.3, -0.25) is 24.1 Å². The molecule has 202 valence electrons. The van der Waals surface area contributed by atoms with E-state index in [0.717, 1.165) is 64.4 Å². The van der Waals surface area contributed by atoms with Crippen LogP contribution in [0.5, 0.6) is 5.75 Å². The number of pyridine rings is 1. The van der Waals surface area contributed by atoms with Crippen molar-refractivity contribution < 1.29 is 62.6 Å². The first kappa shape index (κ1) is 32.1. The number of aromatic amines is 1. The summed E-state index contributed by atoms with van der Waals surface area (Å²) in [4.78, 5) is 48.2. The SMILES string of the molecule is CC(=O)O[BH-](OC(C)=O)OC(C)=O.O=c1[nH]ccc2cc(OC3CCCN(Cc4ccccc4)C3)ccc12.[Na+]. The van der Waals surface area contributed by atoms with E-state index in [1.165, 1.54) is 5.56 Å². The summed E-state index contributed by atoms with van der Waals surface area (Å²) in [5, 5.41) is 1.61. The topological polar surface area (TPSA) is 124 Å². The van der Waals surface area contributed by atoms with Crippen molar-refractivity contribution >= 4 is 36.0 Å². The maximum atomic E-state index is 11.8. The molecule has 1 aromatic heterocycles. The predicted octanol–water partition coefficient (Wildman–Crippen LogP) is -0.0316. The zero-order valence-corrected chi connectivity index (χ0v) is 24.8. The Hall–Kier alpha value is -3.12. The largest absolute Gasteiger partial charge is 1.00 e. The molecule has 12 heteroatoms. The summed E-state index contributed by atoms with van der Waals surface area (Å²) in [5.41, 5.74) is 1.28. The minimum Gasteiger partial charge on any atom is -0.625 e. The first-order chi connectivity index (χ1) is 18.2. The van der Waals surface area contributed by atoms with Crippen LogP contribution >= 0.6 is 0 Å². The quantitative estimate of drug-likeness (QED) is 0.407. The summed E-state index contributed by atoms with van der Waals surface area (Å²) in [6.07, 6.45) is 4.08. The van der Waals surface area contributed by atoms with E-state index < -0.39 is 25.2 Å². The maximum Gasteiger partial charge on any atom is 1.00 e. The van der Waals surface area contributed by atoms with Gasteiger partial charge in [-0.15, -0.1) is 0 Å². The summed E-state index contributed by atoms with van der Waals surface area (Å²) in [6, 6.07) is 18.2. The number of aromatic nitrogens is 1. The molecule has 1 aliphatic heterocycles. The van der Waals surface area contributed by atoms with Crippen molar-refractivity contribution in [2.24, 2.45) is 0 Å². The molecule has 0 amide bonds. The summed E-state index contributed by atoms with van der Waals surface area (Å²) in [6.45, 7) is 6.37. The van der Waals surface area contributed by atoms with E-state index in [4.69, 9.17) is 4.74 Å². The van der Waals surface area contributed by atoms with Crippen molar-refractivity contribution in [3.05, 3.63) is 76.7 Å². The van der Waals surface area contributed by atoms with Crippen LogP contribution < -0.4 is 39.9 Å². The van der Waals surface area contributed by atoms with E-state index >= 15 is 0 Å². The van der Waals surface area contributed by atoms with Gasteiger partial charge in [0.1, 0.15) is 11.9 Å². The average Bonchev–Trinajstić information content (AvgIpc) is 2.84. The third kappa shape index (κ3) is 11.3. The maximum absolute atomic E-state index is 11.8. The normalized spacial score (nSPS) is 14.8. The van der Waals surface area contributed by atoms with E-state index in [9.17, 15) is 19.2 Å². The number of carbonyl (C=O) groups excluding carboxylic acids is 3. The number of likely N-dealkylation sites (tertiary alicyclic amines) is 1. The molecule has 1 aliphatic rings. The molecule has 2 aromatic carbocycles. The molecule has 10 nitrogen and oxygen atoms in total. The van der Waals surface area contributed by atoms with Gasteiger partial charge in [0.05, 0.1) is 0 Å². The number of nitrogens with zero attached hydrogens (tertiary/aromatic N) is 1. The van der Waals surface area contributed by atoms with Crippen LogP contribution in [0.1, 0.15) is 39.2 Å². The molecule has 0 saturated carbocycles. The third-order valence-electron chi connectivity index (χ3n) is 5.72. The molecule has 1 fully saturated rings. The van der Waals surface area contributed by atoms with Gasteiger partial charge in [-0.2, -0.15) is 0 Å². The van der Waals surface area contributed by atoms with Crippen LogP contribution in [0.15, 0.2) is 65.6 Å². The molecule has 1 atom stereocenters. The fourth-order valence-corrected chi connectivity index (χ4v) is 4.12. The molecule has 3 aromatic rings. The van der Waals surface area contributed by atoms with E-state index in [1.807, 2.05) is 24.3 Å². The summed E-state index contributed by atoms with van der Waals surface area (Å²) in [7, 11) is -2.41. The second-order valence-corrected chi connectivity index (χ2v) is 8.92. The van der Waals surface area contributed by atoms with Gasteiger partial charge in [0.25, 0.3) is 23.5 Å². The van der Waals surface area contributed by atoms with E-state index in [1.54, 1.807) is 6.20 Å². The van der Waals surface area contributed by atoms with Gasteiger partial charge in [-0.1, -0.05) is 30.3 Å². The van der Waals surface area contributed by atoms with Gasteiger partial charge in [0, 0.05) is 45.4 Å². The summed E-state index contributed by atoms with van der Waals surface area (Å²) < 4.78 is 19.5. The molecule has 2 heterocycles. The molecule has 0 radical (unpaired) electrons. The van der Waals surface area contributed by atoms with Crippen LogP contribution in [-0.2, 0) is 34.9 Å². The number of nitrogens with one attached hydrogen (secondary N) is 1. The average molecular weight is 546 g/mol. The number of benzene rings is 2. The number of fused-ring (bicyclic) bond motifs is 1. The molecule has 39 heavy (non-hydrogen) atoms. The third-order valence-corrected chi connectivity index (χ3v) is 5.72. The standard InChI is InChI=1S/C21H22N2O2.C6H10BO6.Na/c24-21-20-9-8-18(13-17(20)10-11-22-21)25-19-7-4-12-23(15-19)14-16-5-2-1-3-6-16;1-4(8)11-7(12-5(2)9)13-6(3)10;/h1-3,5-6,8-11,13,19H,4,7,12,14-15H2,(H,22,24);7H,1-3H3;/q;-1;+1. The van der Waals surface area contributed by atoms with E-state index in [0.29, 0.717) is 5.39 Å². The van der Waals surface area contributed by atoms with Crippen LogP contribution in [0.4, 0.5) is 0 Å². The molecule has 1 N–H and O–H groups in total. The second kappa shape index (κ2) is 16.1. The minimum absolute atomic E-state index is 0. The Labute approximate surface area is 249 Å². The van der Waals surface area contributed by atoms with Gasteiger partial charge in [0.15, 0.2) is 0 Å². The van der Waals surface area contributed by atoms with Gasteiger partial charge >= 0.3 is 36.9 Å². The Bertz CT molecular complexity index is 1270. The Morgan fingerprint density at radius 2 is 1.59 bits per heavy atom. The van der Waals surface area contributed by atoms with Gasteiger partial charge in [0.2, 0.25) is 0 Å². The van der Waals surface area contributed by atoms with Crippen LogP contribution in [0.3, 0.4) is 0 Å². The number of hydrogen-bond acceptors (Lipinski definition) is 9. The summed E-state index contributed by atoms with van der Waals surface area (Å²) in [5.74, 6) is -1.20. The van der Waals surface area contributed by atoms with E-state index in [2.05, 4.69) is 54.2 Å². The molecule has 4 rings (SSSR count). The molecular formula is C27H32BN2NaO8. The zero-order chi connectivity index (χ0) is 27.5. The van der Waals surface area contributed by atoms with Crippen LogP contribution in [-0.4, -0.2) is 54.3 Å². The van der Waals surface area contributed by atoms with Crippen molar-refractivity contribution in [3.63, 3.8) is 0 Å². The second-order valence-electron chi connectivity index (χ2n) is 8.92. The zero-order valence-electron chi connectivity index (χ0n) is 22.8. The molecule has 0 aliphatic carbocycles. The molecule has 1 saturated heterocycles. The van der Waals surface area contributed by atoms with Crippen molar-refractivity contribution in [2.75, 3.05) is 13.1 Å². The molecule has 0 spiro atoms. The molecule has 0 bridgehead atoms. The Morgan fingerprint density at radius 3 is 2.21 bits per heavy atom. The fourth-order valence-electron chi connectivity index (χ4n) is 4.12. The smallest absolute Gasteiger partial charge is 0.625 e. The van der Waals surface area contributed by atoms with Crippen molar-refractivity contribution in [3.8, 4) is 5.75 Å². The number of rotatable bonds is 7. The van der Waals surface area contributed by atoms with Crippen molar-refractivity contribution in [2.45, 2.75) is 46.3 Å². The Morgan fingerprint density at radius 1 is 0.949 bits per heavy atom. The van der Waals surface area contributed by atoms with Crippen molar-refractivity contribution in [1.29, 1.82) is 0 Å². The summed E-state index contributed by atoms with van der Waals surface area (Å²) >= 11 is 0. The number of H-pyrrole nitrogens is 1. The Kier molecular flexibility index (Phi) is 13.2. The molecule has 1 unspecified atom stereocenters. The predicted molar refractivity (Wildman–Crippen MR) is 142 cm³/mol. The minimum atomic E-state index is -2.41. The number of hydrogen-bond donors (Lipinski definition) is 1. The van der Waals surface area contributed by atoms with Gasteiger partial charge in [-0.25, -0.2) is 0 Å². The monoisotopic (exact) mass is 546 g/mol. The number of ether oxygens (including phenoxy) is 1. The first-order valence-corrected chi connectivity index (χ1v) is 12.4. The number of piperidine rings is 1. The number of carbonyl (C=O) groups is 3.